The van der Waals surface area contributed by atoms with Crippen LogP contribution in [0.4, 0.5) is 0 Å². The van der Waals surface area contributed by atoms with Crippen LogP contribution in [0.1, 0.15) is 36.8 Å². The van der Waals surface area contributed by atoms with Gasteiger partial charge < -0.3 is 5.32 Å². The number of para-hydroxylation sites is 1. The van der Waals surface area contributed by atoms with E-state index in [1.165, 1.54) is 11.1 Å². The van der Waals surface area contributed by atoms with E-state index in [4.69, 9.17) is 0 Å². The maximum Gasteiger partial charge on any atom is 0.173 e. The SMILES string of the molecule is CCNC(C)c1nnnn1-c1c(C)cccc1C. The summed E-state index contributed by atoms with van der Waals surface area (Å²) in [5.41, 5.74) is 3.42. The molecule has 0 aliphatic carbocycles. The van der Waals surface area contributed by atoms with Gasteiger partial charge in [0, 0.05) is 0 Å². The Morgan fingerprint density at radius 2 is 1.94 bits per heavy atom. The first-order valence-corrected chi connectivity index (χ1v) is 6.23. The van der Waals surface area contributed by atoms with Crippen molar-refractivity contribution >= 4 is 0 Å². The zero-order valence-corrected chi connectivity index (χ0v) is 11.3. The summed E-state index contributed by atoms with van der Waals surface area (Å²) in [6.07, 6.45) is 0. The zero-order valence-electron chi connectivity index (χ0n) is 11.3. The van der Waals surface area contributed by atoms with Crippen LogP contribution in [0.15, 0.2) is 18.2 Å². The molecule has 0 fully saturated rings. The van der Waals surface area contributed by atoms with E-state index in [0.717, 1.165) is 18.1 Å². The number of nitrogens with one attached hydrogen (secondary N) is 1. The molecule has 1 heterocycles. The lowest BCUT2D eigenvalue weighted by atomic mass is 10.1. The third kappa shape index (κ3) is 2.26. The normalized spacial score (nSPS) is 12.7. The van der Waals surface area contributed by atoms with Crippen LogP contribution in [-0.2, 0) is 0 Å². The summed E-state index contributed by atoms with van der Waals surface area (Å²) >= 11 is 0. The number of tetrazole rings is 1. The number of rotatable bonds is 4. The van der Waals surface area contributed by atoms with E-state index in [9.17, 15) is 0 Å². The van der Waals surface area contributed by atoms with Crippen LogP contribution in [0.3, 0.4) is 0 Å². The first-order valence-electron chi connectivity index (χ1n) is 6.23. The Balaban J connectivity index is 2.49. The van der Waals surface area contributed by atoms with Gasteiger partial charge in [0.2, 0.25) is 0 Å². The Kier molecular flexibility index (Phi) is 3.72. The summed E-state index contributed by atoms with van der Waals surface area (Å²) < 4.78 is 1.83. The van der Waals surface area contributed by atoms with E-state index in [1.54, 1.807) is 0 Å². The second-order valence-electron chi connectivity index (χ2n) is 4.47. The van der Waals surface area contributed by atoms with Crippen molar-refractivity contribution in [3.05, 3.63) is 35.2 Å². The molecular weight excluding hydrogens is 226 g/mol. The summed E-state index contributed by atoms with van der Waals surface area (Å²) in [6.45, 7) is 9.18. The zero-order chi connectivity index (χ0) is 13.1. The van der Waals surface area contributed by atoms with Crippen molar-refractivity contribution in [1.29, 1.82) is 0 Å². The lowest BCUT2D eigenvalue weighted by molar-refractivity contribution is 0.550. The minimum atomic E-state index is 0.129. The van der Waals surface area contributed by atoms with Gasteiger partial charge in [-0.25, -0.2) is 0 Å². The third-order valence-electron chi connectivity index (χ3n) is 3.04. The maximum atomic E-state index is 4.13. The smallest absolute Gasteiger partial charge is 0.173 e. The van der Waals surface area contributed by atoms with Crippen molar-refractivity contribution in [3.63, 3.8) is 0 Å². The molecule has 0 spiro atoms. The van der Waals surface area contributed by atoms with Crippen LogP contribution >= 0.6 is 0 Å². The first-order chi connectivity index (χ1) is 8.65. The van der Waals surface area contributed by atoms with Gasteiger partial charge in [-0.2, -0.15) is 4.68 Å². The van der Waals surface area contributed by atoms with Gasteiger partial charge in [-0.05, 0) is 48.9 Å². The van der Waals surface area contributed by atoms with Crippen molar-refractivity contribution in [2.24, 2.45) is 0 Å². The number of aryl methyl sites for hydroxylation is 2. The summed E-state index contributed by atoms with van der Waals surface area (Å²) in [7, 11) is 0. The monoisotopic (exact) mass is 245 g/mol. The number of hydrogen-bond donors (Lipinski definition) is 1. The Labute approximate surface area is 107 Å². The molecule has 0 bridgehead atoms. The van der Waals surface area contributed by atoms with Gasteiger partial charge in [0.25, 0.3) is 0 Å². The van der Waals surface area contributed by atoms with Crippen molar-refractivity contribution in [1.82, 2.24) is 25.5 Å². The molecule has 5 nitrogen and oxygen atoms in total. The van der Waals surface area contributed by atoms with Gasteiger partial charge in [0.15, 0.2) is 5.82 Å². The third-order valence-corrected chi connectivity index (χ3v) is 3.04. The van der Waals surface area contributed by atoms with Gasteiger partial charge in [-0.15, -0.1) is 5.10 Å². The largest absolute Gasteiger partial charge is 0.308 e. The summed E-state index contributed by atoms with van der Waals surface area (Å²) in [6, 6.07) is 6.33. The molecule has 0 amide bonds. The molecule has 0 aliphatic rings. The van der Waals surface area contributed by atoms with Crippen molar-refractivity contribution in [2.75, 3.05) is 6.54 Å². The average molecular weight is 245 g/mol. The number of nitrogens with zero attached hydrogens (tertiary/aromatic N) is 4. The fourth-order valence-electron chi connectivity index (χ4n) is 2.16. The summed E-state index contributed by atoms with van der Waals surface area (Å²) in [5, 5.41) is 15.4. The van der Waals surface area contributed by atoms with E-state index in [-0.39, 0.29) is 6.04 Å². The van der Waals surface area contributed by atoms with Crippen LogP contribution < -0.4 is 5.32 Å². The maximum absolute atomic E-state index is 4.13. The van der Waals surface area contributed by atoms with Crippen LogP contribution in [0.2, 0.25) is 0 Å². The molecule has 1 N–H and O–H groups in total. The molecule has 18 heavy (non-hydrogen) atoms. The first kappa shape index (κ1) is 12.7. The Morgan fingerprint density at radius 1 is 1.28 bits per heavy atom. The minimum absolute atomic E-state index is 0.129. The predicted octanol–water partition coefficient (Wildman–Crippen LogP) is 1.95. The van der Waals surface area contributed by atoms with Gasteiger partial charge in [0.05, 0.1) is 11.7 Å². The fraction of sp³-hybridized carbons (Fsp3) is 0.462. The Morgan fingerprint density at radius 3 is 2.56 bits per heavy atom. The number of aromatic nitrogens is 4. The van der Waals surface area contributed by atoms with E-state index in [2.05, 4.69) is 60.7 Å². The van der Waals surface area contributed by atoms with Crippen LogP contribution in [-0.4, -0.2) is 26.8 Å². The van der Waals surface area contributed by atoms with Crippen molar-refractivity contribution < 1.29 is 0 Å². The highest BCUT2D eigenvalue weighted by Crippen LogP contribution is 2.20. The van der Waals surface area contributed by atoms with E-state index >= 15 is 0 Å². The van der Waals surface area contributed by atoms with Crippen LogP contribution in [0.25, 0.3) is 5.69 Å². The lowest BCUT2D eigenvalue weighted by Gasteiger charge is -2.15. The second-order valence-corrected chi connectivity index (χ2v) is 4.47. The highest BCUT2D eigenvalue weighted by atomic mass is 15.5. The highest BCUT2D eigenvalue weighted by Gasteiger charge is 2.17. The van der Waals surface area contributed by atoms with Crippen molar-refractivity contribution in [2.45, 2.75) is 33.7 Å². The molecule has 0 radical (unpaired) electrons. The molecule has 2 rings (SSSR count). The summed E-state index contributed by atoms with van der Waals surface area (Å²) in [5.74, 6) is 0.842. The topological polar surface area (TPSA) is 55.6 Å². The highest BCUT2D eigenvalue weighted by molar-refractivity contribution is 5.46. The van der Waals surface area contributed by atoms with E-state index in [1.807, 2.05) is 10.7 Å². The van der Waals surface area contributed by atoms with Gasteiger partial charge in [0.1, 0.15) is 0 Å². The quantitative estimate of drug-likeness (QED) is 0.894. The molecule has 2 aromatic rings. The van der Waals surface area contributed by atoms with Crippen molar-refractivity contribution in [3.8, 4) is 5.69 Å². The Bertz CT molecular complexity index is 512. The van der Waals surface area contributed by atoms with E-state index < -0.39 is 0 Å². The van der Waals surface area contributed by atoms with Crippen LogP contribution in [0, 0.1) is 13.8 Å². The molecule has 0 saturated carbocycles. The van der Waals surface area contributed by atoms with Gasteiger partial charge in [-0.1, -0.05) is 25.1 Å². The molecule has 0 saturated heterocycles. The lowest BCUT2D eigenvalue weighted by Crippen LogP contribution is -2.22. The standard InChI is InChI=1S/C13H19N5/c1-5-14-11(4)13-15-16-17-18(13)12-9(2)7-6-8-10(12)3/h6-8,11,14H,5H2,1-4H3. The molecule has 1 aromatic carbocycles. The minimum Gasteiger partial charge on any atom is -0.308 e. The number of benzene rings is 1. The molecule has 1 unspecified atom stereocenters. The molecule has 1 aromatic heterocycles. The van der Waals surface area contributed by atoms with Gasteiger partial charge >= 0.3 is 0 Å². The second kappa shape index (κ2) is 5.27. The molecule has 0 aliphatic heterocycles. The average Bonchev–Trinajstić information content (AvgIpc) is 2.78. The molecule has 1 atom stereocenters. The molecular formula is C13H19N5. The molecule has 5 heteroatoms. The summed E-state index contributed by atoms with van der Waals surface area (Å²) in [4.78, 5) is 0. The number of hydrogen-bond acceptors (Lipinski definition) is 4. The van der Waals surface area contributed by atoms with Gasteiger partial charge in [-0.3, -0.25) is 0 Å². The fourth-order valence-corrected chi connectivity index (χ4v) is 2.16. The predicted molar refractivity (Wildman–Crippen MR) is 70.7 cm³/mol. The Hall–Kier alpha value is -1.75. The molecule has 96 valence electrons. The van der Waals surface area contributed by atoms with Crippen LogP contribution in [0.5, 0.6) is 0 Å². The van der Waals surface area contributed by atoms with E-state index in [0.29, 0.717) is 0 Å².